The molecule has 11 nitrogen and oxygen atoms in total. The molecule has 2 amide bonds. The predicted octanol–water partition coefficient (Wildman–Crippen LogP) is 5.03. The molecular formula is C33H47NO10. The quantitative estimate of drug-likeness (QED) is 0.0833. The number of benzene rings is 1. The summed E-state index contributed by atoms with van der Waals surface area (Å²) in [7, 11) is 0. The molecule has 4 rings (SSSR count). The third-order valence-corrected chi connectivity index (χ3v) is 8.85. The van der Waals surface area contributed by atoms with Crippen molar-refractivity contribution in [1.82, 2.24) is 5.32 Å². The average molecular weight is 618 g/mol. The molecule has 3 fully saturated rings. The van der Waals surface area contributed by atoms with Gasteiger partial charge in [0.05, 0.1) is 19.6 Å². The summed E-state index contributed by atoms with van der Waals surface area (Å²) in [5.74, 6) is -2.49. The Balaban J connectivity index is 1.13. The van der Waals surface area contributed by atoms with Crippen LogP contribution in [0.3, 0.4) is 0 Å². The Morgan fingerprint density at radius 3 is 2.30 bits per heavy atom. The lowest BCUT2D eigenvalue weighted by molar-refractivity contribution is -0.628. The summed E-state index contributed by atoms with van der Waals surface area (Å²) < 4.78 is 23.0. The summed E-state index contributed by atoms with van der Waals surface area (Å²) in [6.07, 6.45) is 7.23. The number of imide groups is 1. The zero-order valence-electron chi connectivity index (χ0n) is 26.7. The first-order chi connectivity index (χ1) is 20.8. The van der Waals surface area contributed by atoms with Gasteiger partial charge in [-0.05, 0) is 25.0 Å². The van der Waals surface area contributed by atoms with Crippen molar-refractivity contribution in [2.75, 3.05) is 19.8 Å². The smallest absolute Gasteiger partial charge is 0.308 e. The third-order valence-electron chi connectivity index (χ3n) is 8.85. The van der Waals surface area contributed by atoms with Crippen molar-refractivity contribution >= 4 is 23.8 Å². The molecule has 0 aliphatic carbocycles. The normalized spacial score (nSPS) is 25.7. The lowest BCUT2D eigenvalue weighted by atomic mass is 9.57. The Morgan fingerprint density at radius 2 is 1.68 bits per heavy atom. The van der Waals surface area contributed by atoms with Crippen LogP contribution < -0.4 is 10.1 Å². The summed E-state index contributed by atoms with van der Waals surface area (Å²) in [5.41, 5.74) is -0.960. The number of hydrogen-bond acceptors (Lipinski definition) is 10. The van der Waals surface area contributed by atoms with Crippen LogP contribution in [0, 0.1) is 10.8 Å². The van der Waals surface area contributed by atoms with E-state index in [1.54, 1.807) is 12.1 Å². The maximum atomic E-state index is 11.9. The molecule has 3 atom stereocenters. The molecule has 0 bridgehead atoms. The lowest BCUT2D eigenvalue weighted by Gasteiger charge is -2.61. The molecule has 3 aliphatic heterocycles. The molecule has 3 aliphatic rings. The molecule has 0 spiro atoms. The second kappa shape index (κ2) is 14.1. The minimum Gasteiger partial charge on any atom is -0.452 e. The van der Waals surface area contributed by atoms with Crippen LogP contribution in [0.25, 0.3) is 0 Å². The lowest BCUT2D eigenvalue weighted by Crippen LogP contribution is -2.74. The Bertz CT molecular complexity index is 1210. The fraction of sp³-hybridized carbons (Fsp3) is 0.697. The second-order valence-corrected chi connectivity index (χ2v) is 13.4. The number of fused-ring (bicyclic) bond motifs is 1. The van der Waals surface area contributed by atoms with Crippen molar-refractivity contribution in [2.24, 2.45) is 10.8 Å². The Morgan fingerprint density at radius 1 is 1.00 bits per heavy atom. The largest absolute Gasteiger partial charge is 0.452 e. The van der Waals surface area contributed by atoms with Gasteiger partial charge in [0.2, 0.25) is 5.91 Å². The van der Waals surface area contributed by atoms with Crippen molar-refractivity contribution in [3.05, 3.63) is 29.8 Å². The molecule has 3 unspecified atom stereocenters. The summed E-state index contributed by atoms with van der Waals surface area (Å²) >= 11 is 0. The van der Waals surface area contributed by atoms with Gasteiger partial charge in [-0.2, -0.15) is 4.89 Å². The number of nitrogens with one attached hydrogen (secondary N) is 1. The van der Waals surface area contributed by atoms with E-state index in [-0.39, 0.29) is 18.3 Å². The van der Waals surface area contributed by atoms with E-state index in [1.807, 2.05) is 12.1 Å². The van der Waals surface area contributed by atoms with Crippen molar-refractivity contribution in [1.29, 1.82) is 0 Å². The van der Waals surface area contributed by atoms with Gasteiger partial charge >= 0.3 is 11.9 Å². The minimum atomic E-state index is -1.15. The van der Waals surface area contributed by atoms with E-state index in [0.29, 0.717) is 32.0 Å². The highest BCUT2D eigenvalue weighted by Gasteiger charge is 2.82. The topological polar surface area (TPSA) is 136 Å². The van der Waals surface area contributed by atoms with Crippen molar-refractivity contribution < 1.29 is 47.9 Å². The number of amides is 2. The van der Waals surface area contributed by atoms with E-state index < -0.39 is 46.7 Å². The second-order valence-electron chi connectivity index (χ2n) is 13.4. The van der Waals surface area contributed by atoms with Gasteiger partial charge in [-0.25, -0.2) is 4.89 Å². The molecule has 0 saturated carbocycles. The van der Waals surface area contributed by atoms with Gasteiger partial charge < -0.3 is 18.9 Å². The van der Waals surface area contributed by atoms with Crippen molar-refractivity contribution in [2.45, 2.75) is 116 Å². The molecule has 3 saturated heterocycles. The van der Waals surface area contributed by atoms with Crippen LogP contribution in [-0.4, -0.2) is 55.3 Å². The van der Waals surface area contributed by atoms with Crippen LogP contribution in [0.4, 0.5) is 0 Å². The highest BCUT2D eigenvalue weighted by atomic mass is 17.3. The van der Waals surface area contributed by atoms with Crippen LogP contribution >= 0.6 is 0 Å². The summed E-state index contributed by atoms with van der Waals surface area (Å²) in [6, 6.07) is 7.21. The predicted molar refractivity (Wildman–Crippen MR) is 158 cm³/mol. The van der Waals surface area contributed by atoms with E-state index >= 15 is 0 Å². The van der Waals surface area contributed by atoms with Gasteiger partial charge in [0, 0.05) is 36.3 Å². The Labute approximate surface area is 259 Å². The average Bonchev–Trinajstić information content (AvgIpc) is 3.32. The number of hydrogen-bond donors (Lipinski definition) is 1. The first-order valence-corrected chi connectivity index (χ1v) is 15.7. The fourth-order valence-electron chi connectivity index (χ4n) is 6.81. The maximum absolute atomic E-state index is 11.9. The summed E-state index contributed by atoms with van der Waals surface area (Å²) in [6.45, 7) is 11.3. The first-order valence-electron chi connectivity index (χ1n) is 15.7. The van der Waals surface area contributed by atoms with Gasteiger partial charge in [0.1, 0.15) is 5.75 Å². The van der Waals surface area contributed by atoms with Crippen molar-refractivity contribution in [3.63, 3.8) is 0 Å². The maximum Gasteiger partial charge on any atom is 0.308 e. The molecule has 1 aromatic rings. The molecule has 3 heterocycles. The number of carbonyl (C=O) groups is 4. The molecule has 44 heavy (non-hydrogen) atoms. The number of esters is 2. The highest BCUT2D eigenvalue weighted by molar-refractivity contribution is 6.05. The Hall–Kier alpha value is -2.86. The van der Waals surface area contributed by atoms with E-state index in [4.69, 9.17) is 28.7 Å². The molecule has 0 aromatic heterocycles. The van der Waals surface area contributed by atoms with Crippen LogP contribution in [-0.2, 0) is 49.0 Å². The van der Waals surface area contributed by atoms with Crippen molar-refractivity contribution in [3.8, 4) is 5.75 Å². The molecular weight excluding hydrogens is 570 g/mol. The van der Waals surface area contributed by atoms with Crippen LogP contribution in [0.1, 0.15) is 104 Å². The zero-order chi connectivity index (χ0) is 32.0. The molecule has 1 aromatic carbocycles. The highest BCUT2D eigenvalue weighted by Crippen LogP contribution is 2.69. The SMILES string of the molecule is CC(=O)Oc1cccc(C23OCC(C)(C)C2(C(C)(C)COCCCCCCCCCCC(=O)OC2CC(=O)NC2=O)OO3)c1. The van der Waals surface area contributed by atoms with E-state index in [9.17, 15) is 19.2 Å². The Kier molecular flexibility index (Phi) is 10.9. The van der Waals surface area contributed by atoms with E-state index in [2.05, 4.69) is 33.0 Å². The first kappa shape index (κ1) is 34.0. The summed E-state index contributed by atoms with van der Waals surface area (Å²) in [4.78, 5) is 57.9. The van der Waals surface area contributed by atoms with E-state index in [1.165, 1.54) is 6.92 Å². The van der Waals surface area contributed by atoms with Gasteiger partial charge in [0.15, 0.2) is 11.7 Å². The van der Waals surface area contributed by atoms with Gasteiger partial charge in [-0.3, -0.25) is 24.5 Å². The van der Waals surface area contributed by atoms with Crippen LogP contribution in [0.2, 0.25) is 0 Å². The van der Waals surface area contributed by atoms with Gasteiger partial charge in [-0.15, -0.1) is 0 Å². The zero-order valence-corrected chi connectivity index (χ0v) is 26.7. The van der Waals surface area contributed by atoms with E-state index in [0.717, 1.165) is 50.5 Å². The number of carbonyl (C=O) groups excluding carboxylic acids is 4. The van der Waals surface area contributed by atoms with Crippen LogP contribution in [0.15, 0.2) is 24.3 Å². The standard InChI is InChI=1S/C33H47NO10/c1-23(35)41-25-16-14-15-24(19-25)32-33(44-43-32,31(4,5)22-40-32)30(2,3)21-39-18-13-11-9-7-6-8-10-12-17-28(37)42-26-20-27(36)34-29(26)38/h14-16,19,26H,6-13,17-18,20-22H2,1-5H3,(H,34,36,38). The number of ether oxygens (including phenoxy) is 4. The van der Waals surface area contributed by atoms with Gasteiger partial charge in [-0.1, -0.05) is 78.4 Å². The summed E-state index contributed by atoms with van der Waals surface area (Å²) in [5, 5.41) is 2.13. The fourth-order valence-corrected chi connectivity index (χ4v) is 6.81. The minimum absolute atomic E-state index is 0.0828. The third kappa shape index (κ3) is 7.01. The molecule has 0 radical (unpaired) electrons. The number of unbranched alkanes of at least 4 members (excludes halogenated alkanes) is 7. The molecule has 244 valence electrons. The molecule has 11 heteroatoms. The monoisotopic (exact) mass is 617 g/mol. The van der Waals surface area contributed by atoms with Gasteiger partial charge in [0.25, 0.3) is 11.7 Å². The number of rotatable bonds is 17. The van der Waals surface area contributed by atoms with Crippen LogP contribution in [0.5, 0.6) is 5.75 Å². The molecule has 1 N–H and O–H groups in total.